The number of aliphatic hydroxyl groups is 3. The second-order valence-electron chi connectivity index (χ2n) is 6.99. The first kappa shape index (κ1) is 26.2. The van der Waals surface area contributed by atoms with E-state index in [0.717, 1.165) is 14.2 Å². The minimum atomic E-state index is -2.04. The summed E-state index contributed by atoms with van der Waals surface area (Å²) in [5.41, 5.74) is 0. The summed E-state index contributed by atoms with van der Waals surface area (Å²) in [5, 5.41) is 36.4. The van der Waals surface area contributed by atoms with Gasteiger partial charge in [-0.3, -0.25) is 9.59 Å². The zero-order valence-corrected chi connectivity index (χ0v) is 17.6. The van der Waals surface area contributed by atoms with E-state index in [0.29, 0.717) is 13.0 Å². The number of rotatable bonds is 11. The molecule has 0 aromatic rings. The van der Waals surface area contributed by atoms with E-state index < -0.39 is 48.1 Å². The van der Waals surface area contributed by atoms with Crippen molar-refractivity contribution in [2.75, 3.05) is 34.5 Å². The molecule has 0 aromatic heterocycles. The van der Waals surface area contributed by atoms with Crippen LogP contribution < -0.4 is 10.6 Å². The molecule has 5 N–H and O–H groups in total. The number of esters is 1. The maximum Gasteiger partial charge on any atom is 0.366 e. The molecule has 1 rings (SSSR count). The number of carbonyl (C=O) groups is 3. The minimum Gasteiger partial charge on any atom is -0.465 e. The van der Waals surface area contributed by atoms with Gasteiger partial charge in [0.15, 0.2) is 0 Å². The summed E-state index contributed by atoms with van der Waals surface area (Å²) < 4.78 is 20.3. The molecule has 1 aliphatic rings. The number of methoxy groups -OCH3 is 3. The highest BCUT2D eigenvalue weighted by atomic mass is 16.7. The van der Waals surface area contributed by atoms with Crippen LogP contribution in [0.25, 0.3) is 0 Å². The molecule has 12 heteroatoms. The standard InChI is InChI=1S/C18H32N2O10/c1-10(21)20-14-11(22)8-18(29-4,17(26)28-3)30-16(14)15(25)12(23)9-19-13(24)6-5-7-27-2/h11-12,14-16,22-23,25H,5-9H2,1-4H3,(H,19,24)(H,20,21)/t11-,12+,14+,15+,16?,18-/m0/s1. The van der Waals surface area contributed by atoms with E-state index in [9.17, 15) is 29.7 Å². The van der Waals surface area contributed by atoms with Gasteiger partial charge >= 0.3 is 5.97 Å². The van der Waals surface area contributed by atoms with Gasteiger partial charge in [0.05, 0.1) is 25.4 Å². The van der Waals surface area contributed by atoms with Gasteiger partial charge in [0, 0.05) is 47.1 Å². The zero-order chi connectivity index (χ0) is 22.9. The van der Waals surface area contributed by atoms with Crippen LogP contribution in [0.15, 0.2) is 0 Å². The number of amides is 2. The van der Waals surface area contributed by atoms with E-state index in [1.807, 2.05) is 0 Å². The first-order chi connectivity index (χ1) is 14.1. The van der Waals surface area contributed by atoms with Crippen LogP contribution in [0, 0.1) is 0 Å². The maximum absolute atomic E-state index is 12.2. The summed E-state index contributed by atoms with van der Waals surface area (Å²) in [6, 6.07) is -1.16. The highest BCUT2D eigenvalue weighted by molar-refractivity contribution is 5.78. The van der Waals surface area contributed by atoms with Gasteiger partial charge in [0.1, 0.15) is 12.2 Å². The highest BCUT2D eigenvalue weighted by Gasteiger charge is 2.55. The Morgan fingerprint density at radius 1 is 1.23 bits per heavy atom. The van der Waals surface area contributed by atoms with Gasteiger partial charge in [0.25, 0.3) is 5.79 Å². The average molecular weight is 436 g/mol. The molecule has 0 aromatic carbocycles. The van der Waals surface area contributed by atoms with Crippen molar-refractivity contribution in [3.05, 3.63) is 0 Å². The van der Waals surface area contributed by atoms with E-state index >= 15 is 0 Å². The fraction of sp³-hybridized carbons (Fsp3) is 0.833. The molecule has 1 aliphatic heterocycles. The molecular weight excluding hydrogens is 404 g/mol. The smallest absolute Gasteiger partial charge is 0.366 e. The molecule has 1 fully saturated rings. The lowest BCUT2D eigenvalue weighted by molar-refractivity contribution is -0.304. The molecule has 1 saturated heterocycles. The monoisotopic (exact) mass is 436 g/mol. The third-order valence-electron chi connectivity index (χ3n) is 4.76. The van der Waals surface area contributed by atoms with Crippen LogP contribution in [0.2, 0.25) is 0 Å². The third kappa shape index (κ3) is 6.86. The number of hydrogen-bond acceptors (Lipinski definition) is 10. The van der Waals surface area contributed by atoms with Crippen molar-refractivity contribution in [2.24, 2.45) is 0 Å². The summed E-state index contributed by atoms with van der Waals surface area (Å²) in [5.74, 6) is -3.88. The van der Waals surface area contributed by atoms with E-state index in [1.165, 1.54) is 14.0 Å². The highest BCUT2D eigenvalue weighted by Crippen LogP contribution is 2.33. The number of hydrogen-bond donors (Lipinski definition) is 5. The predicted molar refractivity (Wildman–Crippen MR) is 101 cm³/mol. The van der Waals surface area contributed by atoms with Gasteiger partial charge in [-0.15, -0.1) is 0 Å². The number of ether oxygens (including phenoxy) is 4. The van der Waals surface area contributed by atoms with Crippen molar-refractivity contribution in [2.45, 2.75) is 62.4 Å². The fourth-order valence-corrected chi connectivity index (χ4v) is 3.18. The third-order valence-corrected chi connectivity index (χ3v) is 4.76. The fourth-order valence-electron chi connectivity index (χ4n) is 3.18. The Labute approximate surface area is 174 Å². The van der Waals surface area contributed by atoms with E-state index in [2.05, 4.69) is 15.4 Å². The lowest BCUT2D eigenvalue weighted by Crippen LogP contribution is -2.68. The topological polar surface area (TPSA) is 173 Å². The molecule has 0 bridgehead atoms. The quantitative estimate of drug-likeness (QED) is 0.171. The first-order valence-electron chi connectivity index (χ1n) is 9.50. The normalized spacial score (nSPS) is 28.3. The Morgan fingerprint density at radius 3 is 2.43 bits per heavy atom. The molecular formula is C18H32N2O10. The molecule has 0 saturated carbocycles. The number of nitrogens with one attached hydrogen (secondary N) is 2. The molecule has 30 heavy (non-hydrogen) atoms. The molecule has 1 heterocycles. The van der Waals surface area contributed by atoms with Gasteiger partial charge < -0.3 is 44.9 Å². The van der Waals surface area contributed by atoms with Crippen LogP contribution in [-0.4, -0.2) is 104 Å². The Balaban J connectivity index is 2.94. The van der Waals surface area contributed by atoms with E-state index in [1.54, 1.807) is 0 Å². The van der Waals surface area contributed by atoms with Crippen molar-refractivity contribution in [3.63, 3.8) is 0 Å². The Kier molecular flexibility index (Phi) is 10.6. The van der Waals surface area contributed by atoms with Crippen molar-refractivity contribution < 1.29 is 48.7 Å². The van der Waals surface area contributed by atoms with Crippen molar-refractivity contribution in [3.8, 4) is 0 Å². The first-order valence-corrected chi connectivity index (χ1v) is 9.50. The molecule has 12 nitrogen and oxygen atoms in total. The van der Waals surface area contributed by atoms with Crippen molar-refractivity contribution >= 4 is 17.8 Å². The predicted octanol–water partition coefficient (Wildman–Crippen LogP) is -2.58. The lowest BCUT2D eigenvalue weighted by Gasteiger charge is -2.46. The van der Waals surface area contributed by atoms with E-state index in [-0.39, 0.29) is 25.3 Å². The second-order valence-corrected chi connectivity index (χ2v) is 6.99. The van der Waals surface area contributed by atoms with Gasteiger partial charge in [-0.1, -0.05) is 0 Å². The van der Waals surface area contributed by atoms with Crippen LogP contribution >= 0.6 is 0 Å². The summed E-state index contributed by atoms with van der Waals surface area (Å²) in [7, 11) is 3.76. The summed E-state index contributed by atoms with van der Waals surface area (Å²) in [4.78, 5) is 35.5. The molecule has 0 aliphatic carbocycles. The summed E-state index contributed by atoms with van der Waals surface area (Å²) >= 11 is 0. The summed E-state index contributed by atoms with van der Waals surface area (Å²) in [6.07, 6.45) is -5.77. The molecule has 0 radical (unpaired) electrons. The molecule has 6 atom stereocenters. The molecule has 0 spiro atoms. The van der Waals surface area contributed by atoms with Crippen LogP contribution in [0.1, 0.15) is 26.2 Å². The zero-order valence-electron chi connectivity index (χ0n) is 17.6. The minimum absolute atomic E-state index is 0.166. The summed E-state index contributed by atoms with van der Waals surface area (Å²) in [6.45, 7) is 1.27. The average Bonchev–Trinajstić information content (AvgIpc) is 2.72. The van der Waals surface area contributed by atoms with Gasteiger partial charge in [-0.05, 0) is 6.42 Å². The van der Waals surface area contributed by atoms with Crippen molar-refractivity contribution in [1.82, 2.24) is 10.6 Å². The van der Waals surface area contributed by atoms with Crippen LogP contribution in [0.3, 0.4) is 0 Å². The van der Waals surface area contributed by atoms with Crippen molar-refractivity contribution in [1.29, 1.82) is 0 Å². The SMILES string of the molecule is COCCCC(=O)NC[C@@H](O)[C@@H](O)C1O[C@](OC)(C(=O)OC)C[C@H](O)[C@H]1NC(C)=O. The van der Waals surface area contributed by atoms with Gasteiger partial charge in [-0.25, -0.2) is 4.79 Å². The van der Waals surface area contributed by atoms with E-state index in [4.69, 9.17) is 14.2 Å². The van der Waals surface area contributed by atoms with Crippen LogP contribution in [-0.2, 0) is 33.3 Å². The molecule has 174 valence electrons. The van der Waals surface area contributed by atoms with Gasteiger partial charge in [-0.2, -0.15) is 0 Å². The Morgan fingerprint density at radius 2 is 1.90 bits per heavy atom. The second kappa shape index (κ2) is 12.1. The number of aliphatic hydroxyl groups excluding tert-OH is 3. The molecule has 1 unspecified atom stereocenters. The number of carbonyl (C=O) groups excluding carboxylic acids is 3. The van der Waals surface area contributed by atoms with Crippen LogP contribution in [0.4, 0.5) is 0 Å². The molecule has 2 amide bonds. The Bertz CT molecular complexity index is 589. The largest absolute Gasteiger partial charge is 0.465 e. The lowest BCUT2D eigenvalue weighted by atomic mass is 9.88. The van der Waals surface area contributed by atoms with Gasteiger partial charge in [0.2, 0.25) is 11.8 Å². The maximum atomic E-state index is 12.2. The Hall–Kier alpha value is -1.83. The van der Waals surface area contributed by atoms with Crippen LogP contribution in [0.5, 0.6) is 0 Å².